The third-order valence-electron chi connectivity index (χ3n) is 5.53. The molecule has 0 unspecified atom stereocenters. The van der Waals surface area contributed by atoms with Crippen LogP contribution in [-0.4, -0.2) is 47.0 Å². The van der Waals surface area contributed by atoms with E-state index in [4.69, 9.17) is 4.74 Å². The molecule has 3 amide bonds. The fraction of sp³-hybridized carbons (Fsp3) is 0.476. The van der Waals surface area contributed by atoms with Gasteiger partial charge < -0.3 is 10.1 Å². The number of ketones is 1. The molecule has 0 bridgehead atoms. The first kappa shape index (κ1) is 20.7. The largest absolute Gasteiger partial charge is 0.454 e. The fourth-order valence-electron chi connectivity index (χ4n) is 4.02. The van der Waals surface area contributed by atoms with Gasteiger partial charge >= 0.3 is 5.97 Å². The number of Topliss-reactive ketones (excluding diaryl/α,β-unsaturated/α-hetero) is 1. The summed E-state index contributed by atoms with van der Waals surface area (Å²) in [6, 6.07) is 5.41. The van der Waals surface area contributed by atoms with E-state index in [0.717, 1.165) is 17.7 Å². The van der Waals surface area contributed by atoms with Crippen molar-refractivity contribution in [1.82, 2.24) is 4.90 Å². The van der Waals surface area contributed by atoms with Crippen LogP contribution in [0.25, 0.3) is 0 Å². The lowest BCUT2D eigenvalue weighted by molar-refractivity contribution is -0.159. The lowest BCUT2D eigenvalue weighted by atomic mass is 9.81. The van der Waals surface area contributed by atoms with Gasteiger partial charge in [-0.05, 0) is 38.8 Å². The van der Waals surface area contributed by atoms with Crippen LogP contribution in [0, 0.1) is 11.8 Å². The highest BCUT2D eigenvalue weighted by Crippen LogP contribution is 2.38. The number of para-hydroxylation sites is 1. The van der Waals surface area contributed by atoms with Gasteiger partial charge in [-0.1, -0.05) is 25.0 Å². The minimum Gasteiger partial charge on any atom is -0.454 e. The molecule has 3 rings (SSSR count). The van der Waals surface area contributed by atoms with Crippen LogP contribution in [0.4, 0.5) is 5.69 Å². The number of hydrogen-bond donors (Lipinski definition) is 1. The van der Waals surface area contributed by atoms with E-state index in [1.807, 2.05) is 0 Å². The molecule has 3 atom stereocenters. The summed E-state index contributed by atoms with van der Waals surface area (Å²) in [6.45, 7) is 2.23. The van der Waals surface area contributed by atoms with Gasteiger partial charge in [0.1, 0.15) is 6.04 Å². The molecule has 8 nitrogen and oxygen atoms in total. The highest BCUT2D eigenvalue weighted by molar-refractivity contribution is 6.08. The summed E-state index contributed by atoms with van der Waals surface area (Å²) in [7, 11) is 0. The quantitative estimate of drug-likeness (QED) is 0.444. The summed E-state index contributed by atoms with van der Waals surface area (Å²) >= 11 is 0. The number of nitrogens with zero attached hydrogens (tertiary/aromatic N) is 1. The summed E-state index contributed by atoms with van der Waals surface area (Å²) in [4.78, 5) is 62.2. The predicted octanol–water partition coefficient (Wildman–Crippen LogP) is 1.93. The van der Waals surface area contributed by atoms with Crippen molar-refractivity contribution < 1.29 is 28.7 Å². The van der Waals surface area contributed by atoms with Crippen LogP contribution >= 0.6 is 0 Å². The molecule has 1 saturated heterocycles. The molecule has 0 spiro atoms. The number of likely N-dealkylation sites (tertiary alicyclic amines) is 1. The maximum atomic E-state index is 12.6. The second-order valence-electron chi connectivity index (χ2n) is 7.48. The maximum Gasteiger partial charge on any atom is 0.329 e. The van der Waals surface area contributed by atoms with Crippen molar-refractivity contribution in [3.05, 3.63) is 29.8 Å². The molecule has 1 aromatic rings. The van der Waals surface area contributed by atoms with Gasteiger partial charge in [0.15, 0.2) is 12.4 Å². The number of imide groups is 1. The third kappa shape index (κ3) is 4.21. The van der Waals surface area contributed by atoms with Crippen LogP contribution in [0.5, 0.6) is 0 Å². The van der Waals surface area contributed by atoms with Crippen molar-refractivity contribution in [2.75, 3.05) is 11.9 Å². The van der Waals surface area contributed by atoms with Crippen molar-refractivity contribution in [3.8, 4) is 0 Å². The van der Waals surface area contributed by atoms with Gasteiger partial charge in [0.05, 0.1) is 17.5 Å². The molecule has 0 aromatic heterocycles. The van der Waals surface area contributed by atoms with Gasteiger partial charge in [0.2, 0.25) is 11.8 Å². The van der Waals surface area contributed by atoms with Crippen LogP contribution in [0.1, 0.15) is 49.9 Å². The first-order valence-corrected chi connectivity index (χ1v) is 9.74. The summed E-state index contributed by atoms with van der Waals surface area (Å²) in [5.74, 6) is -3.00. The Hall–Kier alpha value is -3.03. The molecule has 1 aromatic carbocycles. The number of rotatable bonds is 6. The lowest BCUT2D eigenvalue weighted by Crippen LogP contribution is -2.45. The van der Waals surface area contributed by atoms with Gasteiger partial charge in [-0.2, -0.15) is 0 Å². The molecule has 154 valence electrons. The predicted molar refractivity (Wildman–Crippen MR) is 103 cm³/mol. The molecule has 8 heteroatoms. The number of fused-ring (bicyclic) bond motifs is 1. The molecule has 0 radical (unpaired) electrons. The highest BCUT2D eigenvalue weighted by Gasteiger charge is 2.51. The number of carbonyl (C=O) groups excluding carboxylic acids is 5. The summed E-state index contributed by atoms with van der Waals surface area (Å²) in [6.07, 6.45) is 3.11. The molecule has 1 aliphatic heterocycles. The molecule has 1 saturated carbocycles. The minimum atomic E-state index is -1.09. The van der Waals surface area contributed by atoms with Crippen molar-refractivity contribution in [2.45, 2.75) is 45.6 Å². The zero-order valence-electron chi connectivity index (χ0n) is 16.5. The number of anilines is 1. The second kappa shape index (κ2) is 8.55. The van der Waals surface area contributed by atoms with E-state index >= 15 is 0 Å². The molecule has 2 aliphatic rings. The van der Waals surface area contributed by atoms with Crippen molar-refractivity contribution >= 4 is 35.2 Å². The minimum absolute atomic E-state index is 0.209. The lowest BCUT2D eigenvalue weighted by Gasteiger charge is -2.21. The van der Waals surface area contributed by atoms with Crippen molar-refractivity contribution in [1.29, 1.82) is 0 Å². The zero-order valence-corrected chi connectivity index (χ0v) is 16.5. The summed E-state index contributed by atoms with van der Waals surface area (Å²) in [5.41, 5.74) is 0.666. The number of nitrogens with one attached hydrogen (secondary N) is 1. The standard InChI is InChI=1S/C21H24N2O6/c1-12(23-19(26)15-8-3-4-9-16(15)20(23)27)21(28)29-11-18(25)22-17-10-6-5-7-14(17)13(2)24/h5-7,10,12,15-16H,3-4,8-9,11H2,1-2H3,(H,22,25)/t12-,15-,16-/m0/s1. The Morgan fingerprint density at radius 2 is 1.69 bits per heavy atom. The number of esters is 1. The average Bonchev–Trinajstić information content (AvgIpc) is 2.96. The van der Waals surface area contributed by atoms with E-state index in [2.05, 4.69) is 5.32 Å². The monoisotopic (exact) mass is 400 g/mol. The van der Waals surface area contributed by atoms with Crippen LogP contribution < -0.4 is 5.32 Å². The Morgan fingerprint density at radius 3 is 2.28 bits per heavy atom. The Morgan fingerprint density at radius 1 is 1.10 bits per heavy atom. The van der Waals surface area contributed by atoms with Crippen LogP contribution in [0.2, 0.25) is 0 Å². The molecule has 29 heavy (non-hydrogen) atoms. The highest BCUT2D eigenvalue weighted by atomic mass is 16.5. The van der Waals surface area contributed by atoms with Crippen LogP contribution in [0.15, 0.2) is 24.3 Å². The van der Waals surface area contributed by atoms with E-state index in [1.54, 1.807) is 24.3 Å². The van der Waals surface area contributed by atoms with E-state index in [1.165, 1.54) is 13.8 Å². The van der Waals surface area contributed by atoms with Gasteiger partial charge in [-0.25, -0.2) is 4.79 Å². The molecule has 1 aliphatic carbocycles. The second-order valence-corrected chi connectivity index (χ2v) is 7.48. The van der Waals surface area contributed by atoms with Crippen LogP contribution in [-0.2, 0) is 23.9 Å². The van der Waals surface area contributed by atoms with E-state index in [9.17, 15) is 24.0 Å². The Labute approximate surface area is 168 Å². The Kier molecular flexibility index (Phi) is 6.10. The Bertz CT molecular complexity index is 840. The number of carbonyl (C=O) groups is 5. The van der Waals surface area contributed by atoms with Crippen molar-refractivity contribution in [2.24, 2.45) is 11.8 Å². The van der Waals surface area contributed by atoms with Crippen LogP contribution in [0.3, 0.4) is 0 Å². The Balaban J connectivity index is 1.58. The molecular formula is C21H24N2O6. The van der Waals surface area contributed by atoms with E-state index in [0.29, 0.717) is 24.1 Å². The topological polar surface area (TPSA) is 110 Å². The smallest absolute Gasteiger partial charge is 0.329 e. The summed E-state index contributed by atoms with van der Waals surface area (Å²) < 4.78 is 5.02. The van der Waals surface area contributed by atoms with Crippen molar-refractivity contribution in [3.63, 3.8) is 0 Å². The maximum absolute atomic E-state index is 12.6. The van der Waals surface area contributed by atoms with Gasteiger partial charge in [0, 0.05) is 5.56 Å². The van der Waals surface area contributed by atoms with Gasteiger partial charge in [-0.3, -0.25) is 24.1 Å². The number of ether oxygens (including phenoxy) is 1. The first-order valence-electron chi connectivity index (χ1n) is 9.74. The fourth-order valence-corrected chi connectivity index (χ4v) is 4.02. The zero-order chi connectivity index (χ0) is 21.1. The SMILES string of the molecule is CC(=O)c1ccccc1NC(=O)COC(=O)[C@H](C)N1C(=O)[C@H]2CCCC[C@@H]2C1=O. The number of benzene rings is 1. The van der Waals surface area contributed by atoms with Gasteiger partial charge in [-0.15, -0.1) is 0 Å². The first-order chi connectivity index (χ1) is 13.8. The van der Waals surface area contributed by atoms with E-state index in [-0.39, 0.29) is 29.4 Å². The molecule has 2 fully saturated rings. The normalized spacial score (nSPS) is 22.1. The number of hydrogen-bond acceptors (Lipinski definition) is 6. The third-order valence-corrected chi connectivity index (χ3v) is 5.53. The molecular weight excluding hydrogens is 376 g/mol. The average molecular weight is 400 g/mol. The van der Waals surface area contributed by atoms with E-state index < -0.39 is 24.5 Å². The molecule has 1 N–H and O–H groups in total. The number of amides is 3. The molecule has 1 heterocycles. The summed E-state index contributed by atoms with van der Waals surface area (Å²) in [5, 5.41) is 2.53. The van der Waals surface area contributed by atoms with Gasteiger partial charge in [0.25, 0.3) is 5.91 Å².